The average Bonchev–Trinajstić information content (AvgIpc) is 2.46. The van der Waals surface area contributed by atoms with Gasteiger partial charge in [-0.3, -0.25) is 0 Å². The predicted molar refractivity (Wildman–Crippen MR) is 85.0 cm³/mol. The first kappa shape index (κ1) is 15.2. The van der Waals surface area contributed by atoms with Crippen molar-refractivity contribution in [3.8, 4) is 28.4 Å². The monoisotopic (exact) mass is 286 g/mol. The molecule has 0 aliphatic carbocycles. The molecule has 0 fully saturated rings. The van der Waals surface area contributed by atoms with Crippen molar-refractivity contribution in [1.29, 1.82) is 0 Å². The number of rotatable bonds is 4. The zero-order chi connectivity index (χ0) is 15.6. The molecule has 0 saturated heterocycles. The summed E-state index contributed by atoms with van der Waals surface area (Å²) < 4.78 is 0. The summed E-state index contributed by atoms with van der Waals surface area (Å²) in [6.07, 6.45) is 2.33. The molecule has 3 heteroatoms. The van der Waals surface area contributed by atoms with Crippen molar-refractivity contribution in [3.05, 3.63) is 41.0 Å². The molecule has 0 spiro atoms. The van der Waals surface area contributed by atoms with Gasteiger partial charge >= 0.3 is 0 Å². The van der Waals surface area contributed by atoms with Crippen LogP contribution in [0.1, 0.15) is 37.5 Å². The van der Waals surface area contributed by atoms with Crippen LogP contribution >= 0.6 is 0 Å². The van der Waals surface area contributed by atoms with E-state index in [0.29, 0.717) is 12.0 Å². The first-order valence-electron chi connectivity index (χ1n) is 7.42. The number of aryl methyl sites for hydroxylation is 1. The molecule has 21 heavy (non-hydrogen) atoms. The maximum absolute atomic E-state index is 10.3. The van der Waals surface area contributed by atoms with E-state index in [1.807, 2.05) is 13.0 Å². The van der Waals surface area contributed by atoms with Gasteiger partial charge in [-0.1, -0.05) is 20.8 Å². The number of hydrogen-bond donors (Lipinski definition) is 3. The summed E-state index contributed by atoms with van der Waals surface area (Å²) in [5, 5.41) is 30.0. The van der Waals surface area contributed by atoms with Gasteiger partial charge in [0.2, 0.25) is 0 Å². The minimum atomic E-state index is 0.0308. The van der Waals surface area contributed by atoms with E-state index >= 15 is 0 Å². The second-order valence-electron chi connectivity index (χ2n) is 5.15. The number of aromatic hydroxyl groups is 3. The van der Waals surface area contributed by atoms with E-state index < -0.39 is 0 Å². The molecule has 2 aromatic rings. The molecule has 3 nitrogen and oxygen atoms in total. The van der Waals surface area contributed by atoms with E-state index in [-0.39, 0.29) is 17.2 Å². The van der Waals surface area contributed by atoms with Crippen molar-refractivity contribution < 1.29 is 15.3 Å². The van der Waals surface area contributed by atoms with E-state index in [0.717, 1.165) is 35.1 Å². The molecule has 2 aromatic carbocycles. The first-order valence-corrected chi connectivity index (χ1v) is 7.42. The Morgan fingerprint density at radius 3 is 1.95 bits per heavy atom. The highest BCUT2D eigenvalue weighted by molar-refractivity contribution is 5.80. The van der Waals surface area contributed by atoms with Crippen molar-refractivity contribution in [1.82, 2.24) is 0 Å². The molecule has 0 saturated carbocycles. The summed E-state index contributed by atoms with van der Waals surface area (Å²) in [4.78, 5) is 0. The molecular weight excluding hydrogens is 264 g/mol. The Bertz CT molecular complexity index is 660. The highest BCUT2D eigenvalue weighted by Crippen LogP contribution is 2.41. The SMILES string of the molecule is CCc1cc(O)c(CC)c(-c2ccc(O)cc2O)c1CC. The lowest BCUT2D eigenvalue weighted by molar-refractivity contribution is 0.451. The fourth-order valence-corrected chi connectivity index (χ4v) is 2.94. The van der Waals surface area contributed by atoms with Gasteiger partial charge in [-0.25, -0.2) is 0 Å². The van der Waals surface area contributed by atoms with Gasteiger partial charge < -0.3 is 15.3 Å². The Kier molecular flexibility index (Phi) is 4.41. The van der Waals surface area contributed by atoms with Crippen LogP contribution < -0.4 is 0 Å². The van der Waals surface area contributed by atoms with E-state index in [4.69, 9.17) is 0 Å². The summed E-state index contributed by atoms with van der Waals surface area (Å²) >= 11 is 0. The Morgan fingerprint density at radius 2 is 1.43 bits per heavy atom. The van der Waals surface area contributed by atoms with Crippen molar-refractivity contribution in [2.45, 2.75) is 40.0 Å². The third-order valence-electron chi connectivity index (χ3n) is 3.95. The zero-order valence-corrected chi connectivity index (χ0v) is 12.8. The van der Waals surface area contributed by atoms with Crippen molar-refractivity contribution in [2.24, 2.45) is 0 Å². The molecule has 2 rings (SSSR count). The minimum Gasteiger partial charge on any atom is -0.508 e. The molecule has 0 aliphatic heterocycles. The Hall–Kier alpha value is -2.16. The maximum Gasteiger partial charge on any atom is 0.127 e. The second kappa shape index (κ2) is 6.08. The molecule has 0 unspecified atom stereocenters. The summed E-state index contributed by atoms with van der Waals surface area (Å²) in [7, 11) is 0. The molecule has 0 heterocycles. The van der Waals surface area contributed by atoms with Crippen LogP contribution in [0.4, 0.5) is 0 Å². The standard InChI is InChI=1S/C18H22O3/c1-4-11-9-16(20)14(6-3)18(13(11)5-2)15-8-7-12(19)10-17(15)21/h7-10,19-21H,4-6H2,1-3H3. The quantitative estimate of drug-likeness (QED) is 0.791. The van der Waals surface area contributed by atoms with Crippen molar-refractivity contribution in [2.75, 3.05) is 0 Å². The smallest absolute Gasteiger partial charge is 0.127 e. The Balaban J connectivity index is 2.84. The van der Waals surface area contributed by atoms with Gasteiger partial charge in [0.1, 0.15) is 17.2 Å². The van der Waals surface area contributed by atoms with E-state index in [1.165, 1.54) is 6.07 Å². The van der Waals surface area contributed by atoms with Crippen LogP contribution in [0.5, 0.6) is 17.2 Å². The van der Waals surface area contributed by atoms with Crippen LogP contribution in [-0.2, 0) is 19.3 Å². The molecule has 0 radical (unpaired) electrons. The molecular formula is C18H22O3. The first-order chi connectivity index (χ1) is 10.0. The Labute approximate surface area is 125 Å². The summed E-state index contributed by atoms with van der Waals surface area (Å²) in [5.74, 6) is 0.337. The average molecular weight is 286 g/mol. The number of benzene rings is 2. The lowest BCUT2D eigenvalue weighted by Crippen LogP contribution is -2.01. The van der Waals surface area contributed by atoms with Crippen LogP contribution in [-0.4, -0.2) is 15.3 Å². The molecule has 0 aromatic heterocycles. The molecule has 0 atom stereocenters. The van der Waals surface area contributed by atoms with Gasteiger partial charge in [0.15, 0.2) is 0 Å². The molecule has 0 bridgehead atoms. The maximum atomic E-state index is 10.3. The van der Waals surface area contributed by atoms with Crippen LogP contribution in [0.2, 0.25) is 0 Å². The van der Waals surface area contributed by atoms with E-state index in [9.17, 15) is 15.3 Å². The van der Waals surface area contributed by atoms with Crippen LogP contribution in [0.15, 0.2) is 24.3 Å². The molecule has 3 N–H and O–H groups in total. The van der Waals surface area contributed by atoms with Gasteiger partial charge in [-0.05, 0) is 54.2 Å². The topological polar surface area (TPSA) is 60.7 Å². The minimum absolute atomic E-state index is 0.0308. The van der Waals surface area contributed by atoms with Gasteiger partial charge in [-0.2, -0.15) is 0 Å². The van der Waals surface area contributed by atoms with Crippen LogP contribution in [0.25, 0.3) is 11.1 Å². The largest absolute Gasteiger partial charge is 0.508 e. The highest BCUT2D eigenvalue weighted by Gasteiger charge is 2.19. The van der Waals surface area contributed by atoms with Gasteiger partial charge in [0, 0.05) is 17.2 Å². The lowest BCUT2D eigenvalue weighted by Gasteiger charge is -2.19. The third-order valence-corrected chi connectivity index (χ3v) is 3.95. The highest BCUT2D eigenvalue weighted by atomic mass is 16.3. The van der Waals surface area contributed by atoms with Gasteiger partial charge in [0.05, 0.1) is 0 Å². The van der Waals surface area contributed by atoms with Gasteiger partial charge in [-0.15, -0.1) is 0 Å². The van der Waals surface area contributed by atoms with Gasteiger partial charge in [0.25, 0.3) is 0 Å². The normalized spacial score (nSPS) is 10.8. The summed E-state index contributed by atoms with van der Waals surface area (Å²) in [6, 6.07) is 6.43. The number of hydrogen-bond acceptors (Lipinski definition) is 3. The van der Waals surface area contributed by atoms with Crippen LogP contribution in [0, 0.1) is 0 Å². The lowest BCUT2D eigenvalue weighted by atomic mass is 9.86. The summed E-state index contributed by atoms with van der Waals surface area (Å²) in [6.45, 7) is 6.12. The Morgan fingerprint density at radius 1 is 0.762 bits per heavy atom. The fraction of sp³-hybridized carbons (Fsp3) is 0.333. The van der Waals surface area contributed by atoms with E-state index in [2.05, 4.69) is 13.8 Å². The molecule has 0 aliphatic rings. The third kappa shape index (κ3) is 2.68. The van der Waals surface area contributed by atoms with Crippen molar-refractivity contribution in [3.63, 3.8) is 0 Å². The second-order valence-corrected chi connectivity index (χ2v) is 5.15. The van der Waals surface area contributed by atoms with Crippen molar-refractivity contribution >= 4 is 0 Å². The predicted octanol–water partition coefficient (Wildman–Crippen LogP) is 4.16. The molecule has 112 valence electrons. The zero-order valence-electron chi connectivity index (χ0n) is 12.8. The molecule has 0 amide bonds. The van der Waals surface area contributed by atoms with Crippen LogP contribution in [0.3, 0.4) is 0 Å². The van der Waals surface area contributed by atoms with E-state index in [1.54, 1.807) is 12.1 Å². The fourth-order valence-electron chi connectivity index (χ4n) is 2.94. The summed E-state index contributed by atoms with van der Waals surface area (Å²) in [5.41, 5.74) is 4.63. The number of phenols is 3. The number of phenolic OH excluding ortho intramolecular Hbond substituents is 3.